The Morgan fingerprint density at radius 3 is 1.95 bits per heavy atom. The van der Waals surface area contributed by atoms with Crippen LogP contribution in [0.1, 0.15) is 26.3 Å². The molecule has 1 fully saturated rings. The summed E-state index contributed by atoms with van der Waals surface area (Å²) in [6.07, 6.45) is 0. The lowest BCUT2D eigenvalue weighted by Gasteiger charge is -2.30. The normalized spacial score (nSPS) is 19.2. The van der Waals surface area contributed by atoms with E-state index in [0.29, 0.717) is 31.1 Å². The maximum atomic E-state index is 12.5. The average Bonchev–Trinajstić information content (AvgIpc) is 2.38. The van der Waals surface area contributed by atoms with E-state index in [9.17, 15) is 13.6 Å². The van der Waals surface area contributed by atoms with Gasteiger partial charge in [0.05, 0.1) is 4.90 Å². The van der Waals surface area contributed by atoms with E-state index >= 15 is 0 Å². The molecule has 0 amide bonds. The SMILES string of the molecule is CC(C)(C)c1ccc(S(=O)(=O)N2CCN(O)CC2)cc1. The van der Waals surface area contributed by atoms with Crippen molar-refractivity contribution in [2.75, 3.05) is 26.2 Å². The standard InChI is InChI=1S/C14H22N2O3S/c1-14(2,3)12-4-6-13(7-5-12)20(18,19)16-10-8-15(17)9-11-16/h4-7,17H,8-11H2,1-3H3. The van der Waals surface area contributed by atoms with Crippen molar-refractivity contribution in [1.29, 1.82) is 0 Å². The Kier molecular flexibility index (Phi) is 4.20. The summed E-state index contributed by atoms with van der Waals surface area (Å²) < 4.78 is 26.4. The Labute approximate surface area is 120 Å². The van der Waals surface area contributed by atoms with Gasteiger partial charge in [0.2, 0.25) is 10.0 Å². The third kappa shape index (κ3) is 3.20. The molecule has 0 saturated carbocycles. The second-order valence-electron chi connectivity index (χ2n) is 6.13. The van der Waals surface area contributed by atoms with Crippen molar-refractivity contribution in [3.05, 3.63) is 29.8 Å². The van der Waals surface area contributed by atoms with Crippen LogP contribution in [-0.2, 0) is 15.4 Å². The lowest BCUT2D eigenvalue weighted by molar-refractivity contribution is -0.108. The molecule has 1 aromatic rings. The van der Waals surface area contributed by atoms with Crippen LogP contribution >= 0.6 is 0 Å². The molecule has 0 aliphatic carbocycles. The molecule has 0 atom stereocenters. The number of hydrogen-bond donors (Lipinski definition) is 1. The predicted molar refractivity (Wildman–Crippen MR) is 77.3 cm³/mol. The van der Waals surface area contributed by atoms with Crippen LogP contribution in [0.4, 0.5) is 0 Å². The summed E-state index contributed by atoms with van der Waals surface area (Å²) in [6.45, 7) is 7.61. The van der Waals surface area contributed by atoms with E-state index in [0.717, 1.165) is 10.6 Å². The third-order valence-electron chi connectivity index (χ3n) is 3.57. The molecule has 0 bridgehead atoms. The zero-order valence-electron chi connectivity index (χ0n) is 12.2. The molecule has 112 valence electrons. The Bertz CT molecular complexity index is 553. The van der Waals surface area contributed by atoms with Crippen LogP contribution < -0.4 is 0 Å². The van der Waals surface area contributed by atoms with Gasteiger partial charge in [-0.3, -0.25) is 0 Å². The average molecular weight is 298 g/mol. The highest BCUT2D eigenvalue weighted by Crippen LogP contribution is 2.24. The van der Waals surface area contributed by atoms with Gasteiger partial charge >= 0.3 is 0 Å². The first kappa shape index (κ1) is 15.4. The van der Waals surface area contributed by atoms with Crippen LogP contribution in [0.3, 0.4) is 0 Å². The molecule has 1 aliphatic rings. The number of piperazine rings is 1. The molecule has 0 unspecified atom stereocenters. The van der Waals surface area contributed by atoms with Gasteiger partial charge in [0.1, 0.15) is 0 Å². The first-order valence-electron chi connectivity index (χ1n) is 6.76. The Balaban J connectivity index is 2.22. The molecule has 1 aromatic carbocycles. The fourth-order valence-electron chi connectivity index (χ4n) is 2.19. The molecular weight excluding hydrogens is 276 g/mol. The lowest BCUT2D eigenvalue weighted by Crippen LogP contribution is -2.47. The van der Waals surface area contributed by atoms with Crippen molar-refractivity contribution in [2.24, 2.45) is 0 Å². The molecular formula is C14H22N2O3S. The second kappa shape index (κ2) is 5.44. The molecule has 0 spiro atoms. The van der Waals surface area contributed by atoms with Gasteiger partial charge in [-0.25, -0.2) is 8.42 Å². The third-order valence-corrected chi connectivity index (χ3v) is 5.49. The van der Waals surface area contributed by atoms with Crippen LogP contribution in [-0.4, -0.2) is 49.2 Å². The maximum absolute atomic E-state index is 12.5. The molecule has 0 aromatic heterocycles. The van der Waals surface area contributed by atoms with E-state index in [-0.39, 0.29) is 5.41 Å². The summed E-state index contributed by atoms with van der Waals surface area (Å²) in [7, 11) is -3.45. The summed E-state index contributed by atoms with van der Waals surface area (Å²) in [5, 5.41) is 10.4. The highest BCUT2D eigenvalue weighted by Gasteiger charge is 2.28. The van der Waals surface area contributed by atoms with Crippen LogP contribution in [0, 0.1) is 0 Å². The van der Waals surface area contributed by atoms with E-state index in [4.69, 9.17) is 0 Å². The molecule has 20 heavy (non-hydrogen) atoms. The van der Waals surface area contributed by atoms with E-state index in [1.54, 1.807) is 12.1 Å². The smallest absolute Gasteiger partial charge is 0.243 e. The number of nitrogens with zero attached hydrogens (tertiary/aromatic N) is 2. The summed E-state index contributed by atoms with van der Waals surface area (Å²) in [5.41, 5.74) is 1.11. The maximum Gasteiger partial charge on any atom is 0.243 e. The Morgan fingerprint density at radius 1 is 1.00 bits per heavy atom. The molecule has 1 saturated heterocycles. The lowest BCUT2D eigenvalue weighted by atomic mass is 9.87. The molecule has 2 rings (SSSR count). The van der Waals surface area contributed by atoms with E-state index in [2.05, 4.69) is 20.8 Å². The molecule has 6 heteroatoms. The molecule has 1 heterocycles. The van der Waals surface area contributed by atoms with E-state index < -0.39 is 10.0 Å². The van der Waals surface area contributed by atoms with Crippen LogP contribution in [0.15, 0.2) is 29.2 Å². The number of hydrogen-bond acceptors (Lipinski definition) is 4. The van der Waals surface area contributed by atoms with Crippen LogP contribution in [0.2, 0.25) is 0 Å². The number of rotatable bonds is 2. The second-order valence-corrected chi connectivity index (χ2v) is 8.07. The zero-order valence-corrected chi connectivity index (χ0v) is 13.0. The zero-order chi connectivity index (χ0) is 15.0. The Morgan fingerprint density at radius 2 is 1.50 bits per heavy atom. The molecule has 5 nitrogen and oxygen atoms in total. The first-order valence-corrected chi connectivity index (χ1v) is 8.20. The van der Waals surface area contributed by atoms with Gasteiger partial charge in [0, 0.05) is 26.2 Å². The topological polar surface area (TPSA) is 60.9 Å². The first-order chi connectivity index (χ1) is 9.21. The van der Waals surface area contributed by atoms with Crippen molar-refractivity contribution in [3.8, 4) is 0 Å². The number of benzene rings is 1. The van der Waals surface area contributed by atoms with E-state index in [1.807, 2.05) is 12.1 Å². The fourth-order valence-corrected chi connectivity index (χ4v) is 3.62. The summed E-state index contributed by atoms with van der Waals surface area (Å²) in [5.74, 6) is 0. The van der Waals surface area contributed by atoms with Gasteiger partial charge in [-0.05, 0) is 23.1 Å². The monoisotopic (exact) mass is 298 g/mol. The van der Waals surface area contributed by atoms with Gasteiger partial charge in [-0.15, -0.1) is 0 Å². The molecule has 0 radical (unpaired) electrons. The Hall–Kier alpha value is -0.950. The number of sulfonamides is 1. The van der Waals surface area contributed by atoms with Crippen molar-refractivity contribution in [1.82, 2.24) is 9.37 Å². The van der Waals surface area contributed by atoms with Crippen molar-refractivity contribution in [3.63, 3.8) is 0 Å². The molecule has 1 N–H and O–H groups in total. The van der Waals surface area contributed by atoms with Gasteiger partial charge in [0.25, 0.3) is 0 Å². The number of hydroxylamine groups is 2. The van der Waals surface area contributed by atoms with Gasteiger partial charge in [-0.1, -0.05) is 32.9 Å². The van der Waals surface area contributed by atoms with Gasteiger partial charge < -0.3 is 5.21 Å². The van der Waals surface area contributed by atoms with Crippen molar-refractivity contribution < 1.29 is 13.6 Å². The highest BCUT2D eigenvalue weighted by atomic mass is 32.2. The van der Waals surface area contributed by atoms with Crippen molar-refractivity contribution >= 4 is 10.0 Å². The summed E-state index contributed by atoms with van der Waals surface area (Å²) in [4.78, 5) is 0.317. The minimum absolute atomic E-state index is 0.00477. The minimum Gasteiger partial charge on any atom is -0.314 e. The van der Waals surface area contributed by atoms with Crippen LogP contribution in [0.5, 0.6) is 0 Å². The van der Waals surface area contributed by atoms with E-state index in [1.165, 1.54) is 4.31 Å². The largest absolute Gasteiger partial charge is 0.314 e. The fraction of sp³-hybridized carbons (Fsp3) is 0.571. The van der Waals surface area contributed by atoms with Crippen LogP contribution in [0.25, 0.3) is 0 Å². The quantitative estimate of drug-likeness (QED) is 0.902. The van der Waals surface area contributed by atoms with Crippen molar-refractivity contribution in [2.45, 2.75) is 31.1 Å². The van der Waals surface area contributed by atoms with Gasteiger partial charge in [0.15, 0.2) is 0 Å². The highest BCUT2D eigenvalue weighted by molar-refractivity contribution is 7.89. The van der Waals surface area contributed by atoms with Gasteiger partial charge in [-0.2, -0.15) is 9.37 Å². The molecule has 1 aliphatic heterocycles. The predicted octanol–water partition coefficient (Wildman–Crippen LogP) is 1.68. The summed E-state index contributed by atoms with van der Waals surface area (Å²) in [6, 6.07) is 7.08. The minimum atomic E-state index is -3.45. The summed E-state index contributed by atoms with van der Waals surface area (Å²) >= 11 is 0.